The number of amides is 3. The van der Waals surface area contributed by atoms with E-state index in [1.54, 1.807) is 17.0 Å². The maximum Gasteiger partial charge on any atom is 0.417 e. The van der Waals surface area contributed by atoms with E-state index in [1.165, 1.54) is 13.8 Å². The molecule has 1 fully saturated rings. The first kappa shape index (κ1) is 23.8. The Hall–Kier alpha value is -3.33. The molecule has 0 unspecified atom stereocenters. The number of ether oxygens (including phenoxy) is 2. The number of carbonyl (C=O) groups excluding carboxylic acids is 3. The molecule has 0 atom stereocenters. The summed E-state index contributed by atoms with van der Waals surface area (Å²) in [5.74, 6) is -0.444. The molecule has 1 aromatic carbocycles. The predicted molar refractivity (Wildman–Crippen MR) is 124 cm³/mol. The van der Waals surface area contributed by atoms with E-state index in [1.807, 2.05) is 19.9 Å². The normalized spacial score (nSPS) is 17.1. The average Bonchev–Trinajstić information content (AvgIpc) is 2.94. The van der Waals surface area contributed by atoms with Crippen molar-refractivity contribution in [1.82, 2.24) is 14.8 Å². The van der Waals surface area contributed by atoms with Gasteiger partial charge in [0.05, 0.1) is 23.7 Å². The van der Waals surface area contributed by atoms with Crippen LogP contribution in [0.4, 0.5) is 4.79 Å². The number of hydrogen-bond acceptors (Lipinski definition) is 6. The molecule has 0 spiro atoms. The number of halogens is 1. The fraction of sp³-hybridized carbons (Fsp3) is 0.417. The number of pyridine rings is 1. The van der Waals surface area contributed by atoms with Crippen LogP contribution < -0.4 is 10.3 Å². The highest BCUT2D eigenvalue weighted by Gasteiger charge is 2.46. The lowest BCUT2D eigenvalue weighted by atomic mass is 9.97. The van der Waals surface area contributed by atoms with E-state index in [9.17, 15) is 19.2 Å². The van der Waals surface area contributed by atoms with Crippen LogP contribution in [-0.4, -0.2) is 58.0 Å². The van der Waals surface area contributed by atoms with Crippen molar-refractivity contribution in [2.45, 2.75) is 46.3 Å². The zero-order valence-corrected chi connectivity index (χ0v) is 20.2. The number of aromatic amines is 1. The molecule has 0 saturated carbocycles. The first-order valence-electron chi connectivity index (χ1n) is 11.0. The summed E-state index contributed by atoms with van der Waals surface area (Å²) in [5, 5.41) is 0.164. The Kier molecular flexibility index (Phi) is 6.16. The molecule has 2 aliphatic heterocycles. The number of hydrogen-bond donors (Lipinski definition) is 1. The van der Waals surface area contributed by atoms with Crippen molar-refractivity contribution in [1.29, 1.82) is 0 Å². The third-order valence-corrected chi connectivity index (χ3v) is 6.46. The minimum atomic E-state index is -1.20. The smallest absolute Gasteiger partial charge is 0.417 e. The summed E-state index contributed by atoms with van der Waals surface area (Å²) in [6.07, 6.45) is -0.130. The Morgan fingerprint density at radius 2 is 1.91 bits per heavy atom. The summed E-state index contributed by atoms with van der Waals surface area (Å²) in [6, 6.07) is 5.33. The second-order valence-corrected chi connectivity index (χ2v) is 9.39. The largest absolute Gasteiger partial charge is 0.490 e. The average molecular weight is 488 g/mol. The highest BCUT2D eigenvalue weighted by Crippen LogP contribution is 2.35. The third-order valence-electron chi connectivity index (χ3n) is 6.08. The molecule has 9 nitrogen and oxygen atoms in total. The van der Waals surface area contributed by atoms with Crippen LogP contribution in [0.5, 0.6) is 5.75 Å². The molecule has 10 heteroatoms. The number of nitrogens with zero attached hydrogens (tertiary/aromatic N) is 2. The van der Waals surface area contributed by atoms with Crippen LogP contribution in [0.1, 0.15) is 46.6 Å². The van der Waals surface area contributed by atoms with Gasteiger partial charge in [-0.15, -0.1) is 0 Å². The lowest BCUT2D eigenvalue weighted by Crippen LogP contribution is -2.39. The van der Waals surface area contributed by atoms with Gasteiger partial charge < -0.3 is 19.4 Å². The summed E-state index contributed by atoms with van der Waals surface area (Å²) in [7, 11) is 0. The molecule has 1 saturated heterocycles. The quantitative estimate of drug-likeness (QED) is 0.671. The number of carbonyl (C=O) groups is 3. The summed E-state index contributed by atoms with van der Waals surface area (Å²) in [6.45, 7) is 7.33. The van der Waals surface area contributed by atoms with Crippen molar-refractivity contribution in [2.75, 3.05) is 19.7 Å². The minimum Gasteiger partial charge on any atom is -0.490 e. The number of benzene rings is 1. The number of H-pyrrole nitrogens is 1. The molecular formula is C24H26ClN3O6. The maximum atomic E-state index is 13.3. The maximum absolute atomic E-state index is 13.3. The van der Waals surface area contributed by atoms with Gasteiger partial charge in [-0.1, -0.05) is 17.7 Å². The molecule has 1 N–H and O–H groups in total. The second kappa shape index (κ2) is 8.79. The van der Waals surface area contributed by atoms with Gasteiger partial charge in [-0.05, 0) is 57.4 Å². The number of aromatic nitrogens is 1. The Balaban J connectivity index is 1.49. The predicted octanol–water partition coefficient (Wildman–Crippen LogP) is 2.98. The number of cyclic esters (lactones) is 1. The standard InChI is InChI=1S/C24H26ClN3O6/c1-13-11-14(2)26-20(29)16(13)12-27-8-7-15-5-6-17(19(25)18(15)21(27)30)33-10-9-28-22(31)24(3,4)34-23(28)32/h5-6,11H,7-10,12H2,1-4H3,(H,26,29). The summed E-state index contributed by atoms with van der Waals surface area (Å²) >= 11 is 6.56. The van der Waals surface area contributed by atoms with Crippen LogP contribution in [0.2, 0.25) is 5.02 Å². The molecule has 3 heterocycles. The van der Waals surface area contributed by atoms with Gasteiger partial charge in [0.15, 0.2) is 5.60 Å². The van der Waals surface area contributed by atoms with Gasteiger partial charge in [0.2, 0.25) is 0 Å². The Morgan fingerprint density at radius 3 is 2.56 bits per heavy atom. The molecular weight excluding hydrogens is 462 g/mol. The molecule has 0 radical (unpaired) electrons. The van der Waals surface area contributed by atoms with E-state index in [2.05, 4.69) is 4.98 Å². The van der Waals surface area contributed by atoms with Crippen molar-refractivity contribution >= 4 is 29.5 Å². The highest BCUT2D eigenvalue weighted by molar-refractivity contribution is 6.35. The number of rotatable bonds is 6. The summed E-state index contributed by atoms with van der Waals surface area (Å²) in [5.41, 5.74) is 1.85. The molecule has 0 aliphatic carbocycles. The lowest BCUT2D eigenvalue weighted by Gasteiger charge is -2.30. The molecule has 2 aliphatic rings. The van der Waals surface area contributed by atoms with Crippen LogP contribution in [0.25, 0.3) is 0 Å². The molecule has 2 aromatic rings. The van der Waals surface area contributed by atoms with Gasteiger partial charge >= 0.3 is 6.09 Å². The van der Waals surface area contributed by atoms with Crippen molar-refractivity contribution in [3.63, 3.8) is 0 Å². The van der Waals surface area contributed by atoms with E-state index in [0.29, 0.717) is 24.1 Å². The van der Waals surface area contributed by atoms with Crippen molar-refractivity contribution < 1.29 is 23.9 Å². The number of imide groups is 1. The molecule has 0 bridgehead atoms. The molecule has 1 aromatic heterocycles. The monoisotopic (exact) mass is 487 g/mol. The van der Waals surface area contributed by atoms with E-state index in [0.717, 1.165) is 21.7 Å². The van der Waals surface area contributed by atoms with E-state index in [4.69, 9.17) is 21.1 Å². The van der Waals surface area contributed by atoms with Crippen LogP contribution in [0.15, 0.2) is 23.0 Å². The fourth-order valence-corrected chi connectivity index (χ4v) is 4.57. The molecule has 3 amide bonds. The zero-order chi connectivity index (χ0) is 24.8. The summed E-state index contributed by atoms with van der Waals surface area (Å²) in [4.78, 5) is 55.3. The first-order valence-corrected chi connectivity index (χ1v) is 11.3. The van der Waals surface area contributed by atoms with Crippen LogP contribution in [-0.2, 0) is 22.5 Å². The van der Waals surface area contributed by atoms with Crippen molar-refractivity contribution in [3.8, 4) is 5.75 Å². The van der Waals surface area contributed by atoms with Crippen molar-refractivity contribution in [3.05, 3.63) is 61.5 Å². The van der Waals surface area contributed by atoms with Gasteiger partial charge in [-0.2, -0.15) is 0 Å². The number of fused-ring (bicyclic) bond motifs is 1. The highest BCUT2D eigenvalue weighted by atomic mass is 35.5. The number of aryl methyl sites for hydroxylation is 2. The SMILES string of the molecule is Cc1cc(C)c(CN2CCc3ccc(OCCN4C(=O)OC(C)(C)C4=O)c(Cl)c3C2=O)c(=O)[nH]1. The van der Waals surface area contributed by atoms with Gasteiger partial charge in [-0.3, -0.25) is 14.4 Å². The first-order chi connectivity index (χ1) is 16.0. The lowest BCUT2D eigenvalue weighted by molar-refractivity contribution is -0.134. The topological polar surface area (TPSA) is 109 Å². The van der Waals surface area contributed by atoms with E-state index >= 15 is 0 Å². The second-order valence-electron chi connectivity index (χ2n) is 9.02. The Morgan fingerprint density at radius 1 is 1.18 bits per heavy atom. The number of nitrogens with one attached hydrogen (secondary N) is 1. The van der Waals surface area contributed by atoms with Crippen LogP contribution in [0, 0.1) is 13.8 Å². The fourth-order valence-electron chi connectivity index (χ4n) is 4.25. The Bertz CT molecular complexity index is 1250. The molecule has 34 heavy (non-hydrogen) atoms. The van der Waals surface area contributed by atoms with Gasteiger partial charge in [0.25, 0.3) is 17.4 Å². The summed E-state index contributed by atoms with van der Waals surface area (Å²) < 4.78 is 10.8. The van der Waals surface area contributed by atoms with Crippen molar-refractivity contribution in [2.24, 2.45) is 0 Å². The molecule has 4 rings (SSSR count). The van der Waals surface area contributed by atoms with Gasteiger partial charge in [-0.25, -0.2) is 9.69 Å². The minimum absolute atomic E-state index is 0.00866. The van der Waals surface area contributed by atoms with Gasteiger partial charge in [0.1, 0.15) is 12.4 Å². The van der Waals surface area contributed by atoms with E-state index in [-0.39, 0.29) is 41.9 Å². The van der Waals surface area contributed by atoms with E-state index < -0.39 is 17.6 Å². The zero-order valence-electron chi connectivity index (χ0n) is 19.5. The third kappa shape index (κ3) is 4.27. The van der Waals surface area contributed by atoms with Crippen LogP contribution in [0.3, 0.4) is 0 Å². The van der Waals surface area contributed by atoms with Crippen LogP contribution >= 0.6 is 11.6 Å². The Labute approximate surface area is 201 Å². The van der Waals surface area contributed by atoms with Gasteiger partial charge in [0, 0.05) is 17.8 Å². The molecule has 180 valence electrons.